The lowest BCUT2D eigenvalue weighted by Crippen LogP contribution is -2.34. The number of aromatic nitrogens is 4. The van der Waals surface area contributed by atoms with Crippen molar-refractivity contribution in [2.45, 2.75) is 38.1 Å². The first-order chi connectivity index (χ1) is 13.3. The summed E-state index contributed by atoms with van der Waals surface area (Å²) in [5.41, 5.74) is 3.35. The summed E-state index contributed by atoms with van der Waals surface area (Å²) in [5.74, 6) is 1.39. The molecule has 0 aliphatic carbocycles. The molecule has 0 radical (unpaired) electrons. The highest BCUT2D eigenvalue weighted by Crippen LogP contribution is 2.27. The molecule has 0 N–H and O–H groups in total. The topological polar surface area (TPSA) is 49.6 Å². The largest absolute Gasteiger partial charge is 0.370 e. The second kappa shape index (κ2) is 7.27. The van der Waals surface area contributed by atoms with Gasteiger partial charge in [-0.3, -0.25) is 9.88 Å². The fraction of sp³-hybridized carbons (Fsp3) is 0.476. The van der Waals surface area contributed by atoms with Crippen LogP contribution in [0.25, 0.3) is 5.65 Å². The van der Waals surface area contributed by atoms with Crippen molar-refractivity contribution in [2.24, 2.45) is 0 Å². The molecule has 0 unspecified atom stereocenters. The van der Waals surface area contributed by atoms with Gasteiger partial charge in [0.05, 0.1) is 17.6 Å². The van der Waals surface area contributed by atoms with E-state index in [1.54, 1.807) is 0 Å². The van der Waals surface area contributed by atoms with Crippen molar-refractivity contribution in [3.05, 3.63) is 54.2 Å². The van der Waals surface area contributed by atoms with Crippen molar-refractivity contribution in [1.82, 2.24) is 24.5 Å². The lowest BCUT2D eigenvalue weighted by molar-refractivity contribution is 0.194. The van der Waals surface area contributed by atoms with E-state index >= 15 is 0 Å². The predicted octanol–water partition coefficient (Wildman–Crippen LogP) is 3.10. The Bertz CT molecular complexity index is 899. The molecule has 0 bridgehead atoms. The Labute approximate surface area is 159 Å². The zero-order valence-electron chi connectivity index (χ0n) is 15.7. The van der Waals surface area contributed by atoms with Crippen LogP contribution in [0.4, 0.5) is 5.69 Å². The molecular weight excluding hydrogens is 336 g/mol. The fourth-order valence-corrected chi connectivity index (χ4v) is 4.36. The van der Waals surface area contributed by atoms with Gasteiger partial charge in [0, 0.05) is 38.3 Å². The minimum absolute atomic E-state index is 0.401. The van der Waals surface area contributed by atoms with Gasteiger partial charge in [0.1, 0.15) is 0 Å². The first kappa shape index (κ1) is 16.7. The SMILES string of the molecule is c1ccc(CN2CCC[C@H](c3nc4ccc(N5CCCC5)cn4n3)C2)nc1. The summed E-state index contributed by atoms with van der Waals surface area (Å²) in [6.07, 6.45) is 8.94. The number of hydrogen-bond donors (Lipinski definition) is 0. The van der Waals surface area contributed by atoms with Crippen LogP contribution in [0.1, 0.15) is 43.1 Å². The van der Waals surface area contributed by atoms with Crippen LogP contribution in [0.5, 0.6) is 0 Å². The molecule has 0 saturated carbocycles. The number of anilines is 1. The molecular formula is C21H26N6. The van der Waals surface area contributed by atoms with Gasteiger partial charge in [-0.2, -0.15) is 5.10 Å². The maximum absolute atomic E-state index is 4.85. The van der Waals surface area contributed by atoms with Crippen LogP contribution < -0.4 is 4.90 Å². The average Bonchev–Trinajstić information content (AvgIpc) is 3.38. The van der Waals surface area contributed by atoms with Gasteiger partial charge in [-0.15, -0.1) is 0 Å². The standard InChI is InChI=1S/C21H26N6/c1-2-10-22-18(7-1)15-25-11-5-6-17(14-25)21-23-20-9-8-19(16-27(20)24-21)26-12-3-4-13-26/h1-2,7-10,16-17H,3-6,11-15H2/t17-/m0/s1. The number of fused-ring (bicyclic) bond motifs is 1. The molecule has 3 aromatic rings. The van der Waals surface area contributed by atoms with E-state index < -0.39 is 0 Å². The van der Waals surface area contributed by atoms with Crippen molar-refractivity contribution in [3.8, 4) is 0 Å². The third-order valence-electron chi connectivity index (χ3n) is 5.79. The molecule has 5 rings (SSSR count). The quantitative estimate of drug-likeness (QED) is 0.714. The Morgan fingerprint density at radius 3 is 2.78 bits per heavy atom. The highest BCUT2D eigenvalue weighted by molar-refractivity contribution is 5.51. The summed E-state index contributed by atoms with van der Waals surface area (Å²) in [5, 5.41) is 4.85. The second-order valence-corrected chi connectivity index (χ2v) is 7.75. The Morgan fingerprint density at radius 1 is 1.00 bits per heavy atom. The summed E-state index contributed by atoms with van der Waals surface area (Å²) in [6.45, 7) is 5.34. The smallest absolute Gasteiger partial charge is 0.156 e. The number of piperidine rings is 1. The van der Waals surface area contributed by atoms with Crippen LogP contribution in [0.15, 0.2) is 42.7 Å². The molecule has 2 aliphatic rings. The number of hydrogen-bond acceptors (Lipinski definition) is 5. The highest BCUT2D eigenvalue weighted by Gasteiger charge is 2.25. The minimum Gasteiger partial charge on any atom is -0.370 e. The van der Waals surface area contributed by atoms with Gasteiger partial charge >= 0.3 is 0 Å². The average molecular weight is 362 g/mol. The van der Waals surface area contributed by atoms with Crippen LogP contribution in [-0.4, -0.2) is 50.7 Å². The van der Waals surface area contributed by atoms with Crippen molar-refractivity contribution in [2.75, 3.05) is 31.1 Å². The van der Waals surface area contributed by atoms with Crippen LogP contribution in [-0.2, 0) is 6.54 Å². The van der Waals surface area contributed by atoms with E-state index in [4.69, 9.17) is 10.1 Å². The van der Waals surface area contributed by atoms with E-state index in [-0.39, 0.29) is 0 Å². The molecule has 2 saturated heterocycles. The molecule has 27 heavy (non-hydrogen) atoms. The molecule has 2 fully saturated rings. The maximum atomic E-state index is 4.85. The van der Waals surface area contributed by atoms with Gasteiger partial charge in [-0.25, -0.2) is 9.50 Å². The molecule has 3 aromatic heterocycles. The van der Waals surface area contributed by atoms with Crippen LogP contribution in [0, 0.1) is 0 Å². The molecule has 0 spiro atoms. The van der Waals surface area contributed by atoms with Crippen molar-refractivity contribution < 1.29 is 0 Å². The lowest BCUT2D eigenvalue weighted by Gasteiger charge is -2.31. The number of likely N-dealkylation sites (tertiary alicyclic amines) is 1. The van der Waals surface area contributed by atoms with Gasteiger partial charge in [0.2, 0.25) is 0 Å². The molecule has 1 atom stereocenters. The first-order valence-electron chi connectivity index (χ1n) is 10.1. The monoisotopic (exact) mass is 362 g/mol. The molecule has 6 heteroatoms. The number of pyridine rings is 2. The summed E-state index contributed by atoms with van der Waals surface area (Å²) < 4.78 is 1.97. The maximum Gasteiger partial charge on any atom is 0.156 e. The lowest BCUT2D eigenvalue weighted by atomic mass is 9.97. The van der Waals surface area contributed by atoms with Crippen molar-refractivity contribution in [3.63, 3.8) is 0 Å². The summed E-state index contributed by atoms with van der Waals surface area (Å²) >= 11 is 0. The number of nitrogens with zero attached hydrogens (tertiary/aromatic N) is 6. The molecule has 140 valence electrons. The van der Waals surface area contributed by atoms with Crippen molar-refractivity contribution >= 4 is 11.3 Å². The molecule has 0 aromatic carbocycles. The van der Waals surface area contributed by atoms with E-state index in [1.807, 2.05) is 16.8 Å². The zero-order valence-corrected chi connectivity index (χ0v) is 15.7. The van der Waals surface area contributed by atoms with Crippen LogP contribution in [0.3, 0.4) is 0 Å². The van der Waals surface area contributed by atoms with Crippen molar-refractivity contribution in [1.29, 1.82) is 0 Å². The second-order valence-electron chi connectivity index (χ2n) is 7.75. The Hall–Kier alpha value is -2.47. The normalized spacial score (nSPS) is 21.2. The fourth-order valence-electron chi connectivity index (χ4n) is 4.36. The molecule has 0 amide bonds. The first-order valence-corrected chi connectivity index (χ1v) is 10.1. The van der Waals surface area contributed by atoms with E-state index in [2.05, 4.69) is 45.2 Å². The van der Waals surface area contributed by atoms with E-state index in [0.29, 0.717) is 5.92 Å². The summed E-state index contributed by atoms with van der Waals surface area (Å²) in [4.78, 5) is 14.2. The van der Waals surface area contributed by atoms with Gasteiger partial charge in [0.25, 0.3) is 0 Å². The summed E-state index contributed by atoms with van der Waals surface area (Å²) in [6, 6.07) is 10.4. The Balaban J connectivity index is 1.33. The van der Waals surface area contributed by atoms with Gasteiger partial charge in [-0.1, -0.05) is 6.07 Å². The van der Waals surface area contributed by atoms with Crippen LogP contribution in [0.2, 0.25) is 0 Å². The Morgan fingerprint density at radius 2 is 1.93 bits per heavy atom. The third-order valence-corrected chi connectivity index (χ3v) is 5.79. The molecule has 5 heterocycles. The number of rotatable bonds is 4. The third kappa shape index (κ3) is 3.54. The predicted molar refractivity (Wildman–Crippen MR) is 106 cm³/mol. The van der Waals surface area contributed by atoms with Gasteiger partial charge < -0.3 is 4.90 Å². The Kier molecular flexibility index (Phi) is 4.49. The molecule has 2 aliphatic heterocycles. The highest BCUT2D eigenvalue weighted by atomic mass is 15.3. The van der Waals surface area contributed by atoms with E-state index in [9.17, 15) is 0 Å². The summed E-state index contributed by atoms with van der Waals surface area (Å²) in [7, 11) is 0. The van der Waals surface area contributed by atoms with E-state index in [1.165, 1.54) is 24.9 Å². The van der Waals surface area contributed by atoms with Crippen LogP contribution >= 0.6 is 0 Å². The minimum atomic E-state index is 0.401. The van der Waals surface area contributed by atoms with Gasteiger partial charge in [0.15, 0.2) is 11.5 Å². The zero-order chi connectivity index (χ0) is 18.1. The molecule has 6 nitrogen and oxygen atoms in total. The van der Waals surface area contributed by atoms with E-state index in [0.717, 1.165) is 56.3 Å². The van der Waals surface area contributed by atoms with Gasteiger partial charge in [-0.05, 0) is 56.5 Å².